The minimum atomic E-state index is 0.136. The van der Waals surface area contributed by atoms with Crippen molar-refractivity contribution in [2.24, 2.45) is 13.0 Å². The number of hydrogen-bond acceptors (Lipinski definition) is 2. The first-order valence-corrected chi connectivity index (χ1v) is 7.71. The van der Waals surface area contributed by atoms with E-state index in [2.05, 4.69) is 33.2 Å². The second-order valence-corrected chi connectivity index (χ2v) is 6.35. The second-order valence-electron chi connectivity index (χ2n) is 5.05. The normalized spacial score (nSPS) is 12.7. The van der Waals surface area contributed by atoms with Gasteiger partial charge < -0.3 is 5.11 Å². The van der Waals surface area contributed by atoms with Gasteiger partial charge in [-0.15, -0.1) is 0 Å². The zero-order valence-corrected chi connectivity index (χ0v) is 13.9. The molecule has 0 bridgehead atoms. The van der Waals surface area contributed by atoms with Crippen LogP contribution in [-0.4, -0.2) is 21.5 Å². The average molecular weight is 358 g/mol. The maximum Gasteiger partial charge on any atom is 0.0847 e. The average Bonchev–Trinajstić information content (AvgIpc) is 2.66. The zero-order chi connectivity index (χ0) is 14.7. The lowest BCUT2D eigenvalue weighted by Gasteiger charge is -2.15. The summed E-state index contributed by atoms with van der Waals surface area (Å²) in [6, 6.07) is 8.18. The van der Waals surface area contributed by atoms with E-state index in [-0.39, 0.29) is 12.5 Å². The topological polar surface area (TPSA) is 38.0 Å². The van der Waals surface area contributed by atoms with Gasteiger partial charge in [0.2, 0.25) is 0 Å². The molecule has 1 aromatic heterocycles. The summed E-state index contributed by atoms with van der Waals surface area (Å²) < 4.78 is 2.87. The van der Waals surface area contributed by atoms with E-state index in [4.69, 9.17) is 11.6 Å². The summed E-state index contributed by atoms with van der Waals surface area (Å²) in [5.74, 6) is 0.142. The summed E-state index contributed by atoms with van der Waals surface area (Å²) in [6.07, 6.45) is 1.55. The first kappa shape index (κ1) is 15.5. The van der Waals surface area contributed by atoms with Gasteiger partial charge in [0.1, 0.15) is 0 Å². The highest BCUT2D eigenvalue weighted by Crippen LogP contribution is 2.24. The molecule has 1 atom stereocenters. The van der Waals surface area contributed by atoms with Gasteiger partial charge in [-0.2, -0.15) is 5.10 Å². The van der Waals surface area contributed by atoms with Crippen LogP contribution >= 0.6 is 27.5 Å². The van der Waals surface area contributed by atoms with Crippen molar-refractivity contribution in [2.45, 2.75) is 19.8 Å². The lowest BCUT2D eigenvalue weighted by Crippen LogP contribution is -2.15. The van der Waals surface area contributed by atoms with E-state index in [9.17, 15) is 5.11 Å². The summed E-state index contributed by atoms with van der Waals surface area (Å²) in [6.45, 7) is 2.03. The van der Waals surface area contributed by atoms with Crippen LogP contribution in [0, 0.1) is 12.8 Å². The molecular formula is C15H18BrClN2O. The minimum Gasteiger partial charge on any atom is -0.396 e. The molecule has 3 nitrogen and oxygen atoms in total. The number of benzene rings is 1. The molecule has 0 saturated carbocycles. The molecule has 1 aromatic carbocycles. The summed E-state index contributed by atoms with van der Waals surface area (Å²) in [4.78, 5) is 0. The quantitative estimate of drug-likeness (QED) is 0.889. The summed E-state index contributed by atoms with van der Waals surface area (Å²) >= 11 is 9.69. The van der Waals surface area contributed by atoms with Crippen LogP contribution in [0.15, 0.2) is 28.7 Å². The third kappa shape index (κ3) is 3.62. The molecule has 0 fully saturated rings. The van der Waals surface area contributed by atoms with Crippen LogP contribution in [-0.2, 0) is 19.9 Å². The standard InChI is InChI=1S/C15H18BrClN2O/c1-10-15(17)14(19(2)18-10)8-12(9-20)7-11-3-5-13(16)6-4-11/h3-6,12,20H,7-9H2,1-2H3. The van der Waals surface area contributed by atoms with Crippen molar-refractivity contribution < 1.29 is 5.11 Å². The van der Waals surface area contributed by atoms with Gasteiger partial charge in [-0.05, 0) is 43.4 Å². The molecular weight excluding hydrogens is 340 g/mol. The number of rotatable bonds is 5. The van der Waals surface area contributed by atoms with Crippen molar-refractivity contribution in [3.05, 3.63) is 50.7 Å². The summed E-state index contributed by atoms with van der Waals surface area (Å²) in [5.41, 5.74) is 3.03. The number of halogens is 2. The molecule has 0 spiro atoms. The molecule has 0 radical (unpaired) electrons. The highest BCUT2D eigenvalue weighted by molar-refractivity contribution is 9.10. The fraction of sp³-hybridized carbons (Fsp3) is 0.400. The fourth-order valence-electron chi connectivity index (χ4n) is 2.33. The number of hydrogen-bond donors (Lipinski definition) is 1. The summed E-state index contributed by atoms with van der Waals surface area (Å²) in [7, 11) is 1.89. The fourth-order valence-corrected chi connectivity index (χ4v) is 2.83. The van der Waals surface area contributed by atoms with Crippen LogP contribution < -0.4 is 0 Å². The number of aryl methyl sites for hydroxylation is 2. The molecule has 2 aromatic rings. The van der Waals surface area contributed by atoms with Crippen molar-refractivity contribution >= 4 is 27.5 Å². The molecule has 5 heteroatoms. The van der Waals surface area contributed by atoms with Gasteiger partial charge in [0, 0.05) is 18.1 Å². The lowest BCUT2D eigenvalue weighted by molar-refractivity contribution is 0.223. The molecule has 0 aliphatic carbocycles. The highest BCUT2D eigenvalue weighted by Gasteiger charge is 2.17. The highest BCUT2D eigenvalue weighted by atomic mass is 79.9. The molecule has 0 amide bonds. The predicted octanol–water partition coefficient (Wildman–Crippen LogP) is 3.54. The molecule has 1 heterocycles. The van der Waals surface area contributed by atoms with Crippen molar-refractivity contribution in [1.82, 2.24) is 9.78 Å². The Morgan fingerprint density at radius 2 is 1.95 bits per heavy atom. The van der Waals surface area contributed by atoms with Gasteiger partial charge in [0.25, 0.3) is 0 Å². The zero-order valence-electron chi connectivity index (χ0n) is 11.6. The number of nitrogens with zero attached hydrogens (tertiary/aromatic N) is 2. The molecule has 20 heavy (non-hydrogen) atoms. The SMILES string of the molecule is Cc1nn(C)c(CC(CO)Cc2ccc(Br)cc2)c1Cl. The Labute approximate surface area is 132 Å². The van der Waals surface area contributed by atoms with Crippen molar-refractivity contribution in [3.63, 3.8) is 0 Å². The van der Waals surface area contributed by atoms with Crippen molar-refractivity contribution in [3.8, 4) is 0 Å². The second kappa shape index (κ2) is 6.74. The maximum absolute atomic E-state index is 9.61. The molecule has 108 valence electrons. The lowest BCUT2D eigenvalue weighted by atomic mass is 9.95. The largest absolute Gasteiger partial charge is 0.396 e. The van der Waals surface area contributed by atoms with E-state index in [1.807, 2.05) is 30.8 Å². The van der Waals surface area contributed by atoms with E-state index < -0.39 is 0 Å². The van der Waals surface area contributed by atoms with E-state index in [0.717, 1.165) is 28.7 Å². The Balaban J connectivity index is 2.11. The predicted molar refractivity (Wildman–Crippen MR) is 85.1 cm³/mol. The van der Waals surface area contributed by atoms with E-state index in [1.165, 1.54) is 5.56 Å². The van der Waals surface area contributed by atoms with Crippen LogP contribution in [0.3, 0.4) is 0 Å². The molecule has 0 aliphatic rings. The first-order chi connectivity index (χ1) is 9.51. The summed E-state index contributed by atoms with van der Waals surface area (Å²) in [5, 5.41) is 14.6. The van der Waals surface area contributed by atoms with Crippen molar-refractivity contribution in [1.29, 1.82) is 0 Å². The van der Waals surface area contributed by atoms with E-state index >= 15 is 0 Å². The molecule has 1 N–H and O–H groups in total. The molecule has 2 rings (SSSR count). The smallest absolute Gasteiger partial charge is 0.0847 e. The van der Waals surface area contributed by atoms with Crippen LogP contribution in [0.4, 0.5) is 0 Å². The molecule has 1 unspecified atom stereocenters. The van der Waals surface area contributed by atoms with Gasteiger partial charge >= 0.3 is 0 Å². The van der Waals surface area contributed by atoms with Gasteiger partial charge in [-0.25, -0.2) is 0 Å². The van der Waals surface area contributed by atoms with Crippen LogP contribution in [0.2, 0.25) is 5.02 Å². The van der Waals surface area contributed by atoms with Crippen LogP contribution in [0.25, 0.3) is 0 Å². The number of aliphatic hydroxyl groups excluding tert-OH is 1. The van der Waals surface area contributed by atoms with Gasteiger partial charge in [-0.1, -0.05) is 39.7 Å². The van der Waals surface area contributed by atoms with Crippen LogP contribution in [0.5, 0.6) is 0 Å². The maximum atomic E-state index is 9.61. The van der Waals surface area contributed by atoms with E-state index in [0.29, 0.717) is 5.02 Å². The third-order valence-corrected chi connectivity index (χ3v) is 4.46. The molecule has 0 saturated heterocycles. The van der Waals surface area contributed by atoms with Crippen molar-refractivity contribution in [2.75, 3.05) is 6.61 Å². The monoisotopic (exact) mass is 356 g/mol. The van der Waals surface area contributed by atoms with E-state index in [1.54, 1.807) is 0 Å². The van der Waals surface area contributed by atoms with Gasteiger partial charge in [0.15, 0.2) is 0 Å². The number of aliphatic hydroxyl groups is 1. The van der Waals surface area contributed by atoms with Gasteiger partial charge in [-0.3, -0.25) is 4.68 Å². The Morgan fingerprint density at radius 1 is 1.30 bits per heavy atom. The van der Waals surface area contributed by atoms with Crippen LogP contribution in [0.1, 0.15) is 17.0 Å². The molecule has 0 aliphatic heterocycles. The van der Waals surface area contributed by atoms with Gasteiger partial charge in [0.05, 0.1) is 16.4 Å². The Hall–Kier alpha value is -0.840. The number of aromatic nitrogens is 2. The Morgan fingerprint density at radius 3 is 2.45 bits per heavy atom. The minimum absolute atomic E-state index is 0.136. The Bertz CT molecular complexity index is 580. The Kier molecular flexibility index (Phi) is 5.24. The first-order valence-electron chi connectivity index (χ1n) is 6.54. The third-order valence-electron chi connectivity index (χ3n) is 3.44.